The van der Waals surface area contributed by atoms with E-state index in [0.29, 0.717) is 6.54 Å². The lowest BCUT2D eigenvalue weighted by molar-refractivity contribution is 0.355. The Hall–Kier alpha value is -1.16. The van der Waals surface area contributed by atoms with Crippen LogP contribution < -0.4 is 10.6 Å². The van der Waals surface area contributed by atoms with Gasteiger partial charge in [0, 0.05) is 25.8 Å². The van der Waals surface area contributed by atoms with Crippen LogP contribution in [0.1, 0.15) is 26.0 Å². The molecule has 1 aliphatic heterocycles. The fourth-order valence-corrected chi connectivity index (χ4v) is 2.50. The number of hydrogen-bond donors (Lipinski definition) is 1. The van der Waals surface area contributed by atoms with E-state index >= 15 is 0 Å². The van der Waals surface area contributed by atoms with Crippen LogP contribution in [0.4, 0.5) is 5.82 Å². The van der Waals surface area contributed by atoms with Crippen LogP contribution in [-0.2, 0) is 6.54 Å². The zero-order valence-corrected chi connectivity index (χ0v) is 10.1. The summed E-state index contributed by atoms with van der Waals surface area (Å²) in [6.45, 7) is 7.20. The largest absolute Gasteiger partial charge is 0.355 e. The van der Waals surface area contributed by atoms with E-state index in [-0.39, 0.29) is 0 Å². The predicted octanol–water partition coefficient (Wildman–Crippen LogP) is 1.42. The molecule has 1 saturated heterocycles. The maximum atomic E-state index is 5.58. The van der Waals surface area contributed by atoms with Crippen LogP contribution in [0.25, 0.3) is 0 Å². The van der Waals surface area contributed by atoms with Gasteiger partial charge in [-0.3, -0.25) is 4.98 Å². The molecule has 16 heavy (non-hydrogen) atoms. The molecular formula is C12H20N4. The van der Waals surface area contributed by atoms with Crippen molar-refractivity contribution in [2.24, 2.45) is 17.6 Å². The summed E-state index contributed by atoms with van der Waals surface area (Å²) in [5.74, 6) is 2.43. The highest BCUT2D eigenvalue weighted by atomic mass is 15.2. The lowest BCUT2D eigenvalue weighted by Crippen LogP contribution is -2.39. The second-order valence-corrected chi connectivity index (χ2v) is 4.92. The van der Waals surface area contributed by atoms with Crippen molar-refractivity contribution in [3.63, 3.8) is 0 Å². The SMILES string of the molecule is CC1CC(C)CN(c2cncc(CN)n2)C1. The van der Waals surface area contributed by atoms with Gasteiger partial charge in [-0.1, -0.05) is 13.8 Å². The van der Waals surface area contributed by atoms with Crippen molar-refractivity contribution >= 4 is 5.82 Å². The fraction of sp³-hybridized carbons (Fsp3) is 0.667. The van der Waals surface area contributed by atoms with Crippen molar-refractivity contribution in [1.29, 1.82) is 0 Å². The summed E-state index contributed by atoms with van der Waals surface area (Å²) in [6, 6.07) is 0. The summed E-state index contributed by atoms with van der Waals surface area (Å²) in [6.07, 6.45) is 4.88. The summed E-state index contributed by atoms with van der Waals surface area (Å²) >= 11 is 0. The average Bonchev–Trinajstić information content (AvgIpc) is 2.28. The van der Waals surface area contributed by atoms with Crippen LogP contribution in [0.2, 0.25) is 0 Å². The minimum atomic E-state index is 0.458. The average molecular weight is 220 g/mol. The van der Waals surface area contributed by atoms with Gasteiger partial charge in [-0.05, 0) is 18.3 Å². The Bertz CT molecular complexity index is 343. The molecule has 1 fully saturated rings. The van der Waals surface area contributed by atoms with Crippen molar-refractivity contribution in [2.45, 2.75) is 26.8 Å². The van der Waals surface area contributed by atoms with Gasteiger partial charge in [0.2, 0.25) is 0 Å². The number of rotatable bonds is 2. The molecule has 0 aliphatic carbocycles. The fourth-order valence-electron chi connectivity index (χ4n) is 2.50. The van der Waals surface area contributed by atoms with Crippen LogP contribution >= 0.6 is 0 Å². The van der Waals surface area contributed by atoms with Crippen LogP contribution in [0.15, 0.2) is 12.4 Å². The van der Waals surface area contributed by atoms with Crippen LogP contribution in [0.3, 0.4) is 0 Å². The third-order valence-corrected chi connectivity index (χ3v) is 3.07. The summed E-state index contributed by atoms with van der Waals surface area (Å²) in [5, 5.41) is 0. The van der Waals surface area contributed by atoms with Crippen LogP contribution in [0, 0.1) is 11.8 Å². The quantitative estimate of drug-likeness (QED) is 0.819. The number of hydrogen-bond acceptors (Lipinski definition) is 4. The lowest BCUT2D eigenvalue weighted by Gasteiger charge is -2.35. The van der Waals surface area contributed by atoms with Gasteiger partial charge in [-0.25, -0.2) is 4.98 Å². The van der Waals surface area contributed by atoms with E-state index in [1.54, 1.807) is 6.20 Å². The van der Waals surface area contributed by atoms with Gasteiger partial charge < -0.3 is 10.6 Å². The highest BCUT2D eigenvalue weighted by Gasteiger charge is 2.22. The highest BCUT2D eigenvalue weighted by molar-refractivity contribution is 5.37. The molecule has 1 aliphatic rings. The van der Waals surface area contributed by atoms with E-state index in [2.05, 4.69) is 28.7 Å². The number of nitrogens with two attached hydrogens (primary N) is 1. The second kappa shape index (κ2) is 4.78. The van der Waals surface area contributed by atoms with Gasteiger partial charge in [-0.2, -0.15) is 0 Å². The molecule has 1 aromatic rings. The van der Waals surface area contributed by atoms with Crippen molar-refractivity contribution in [1.82, 2.24) is 9.97 Å². The Kier molecular flexibility index (Phi) is 3.39. The minimum Gasteiger partial charge on any atom is -0.355 e. The molecule has 2 unspecified atom stereocenters. The number of anilines is 1. The Morgan fingerprint density at radius 2 is 2.00 bits per heavy atom. The highest BCUT2D eigenvalue weighted by Crippen LogP contribution is 2.24. The van der Waals surface area contributed by atoms with Crippen molar-refractivity contribution < 1.29 is 0 Å². The normalized spacial score (nSPS) is 25.8. The Labute approximate surface area is 96.9 Å². The maximum Gasteiger partial charge on any atom is 0.147 e. The molecule has 0 spiro atoms. The molecule has 4 heteroatoms. The number of piperidine rings is 1. The molecule has 1 aromatic heterocycles. The van der Waals surface area contributed by atoms with Gasteiger partial charge in [0.1, 0.15) is 5.82 Å². The van der Waals surface area contributed by atoms with Gasteiger partial charge in [0.15, 0.2) is 0 Å². The van der Waals surface area contributed by atoms with Gasteiger partial charge in [-0.15, -0.1) is 0 Å². The van der Waals surface area contributed by atoms with Crippen molar-refractivity contribution in [2.75, 3.05) is 18.0 Å². The molecule has 88 valence electrons. The van der Waals surface area contributed by atoms with Crippen molar-refractivity contribution in [3.8, 4) is 0 Å². The van der Waals surface area contributed by atoms with Gasteiger partial charge >= 0.3 is 0 Å². The summed E-state index contributed by atoms with van der Waals surface area (Å²) in [4.78, 5) is 11.0. The molecule has 0 bridgehead atoms. The van der Waals surface area contributed by atoms with E-state index in [9.17, 15) is 0 Å². The van der Waals surface area contributed by atoms with Gasteiger partial charge in [0.25, 0.3) is 0 Å². The Morgan fingerprint density at radius 1 is 1.31 bits per heavy atom. The maximum absolute atomic E-state index is 5.58. The molecule has 2 atom stereocenters. The number of nitrogens with zero attached hydrogens (tertiary/aromatic N) is 3. The zero-order chi connectivity index (χ0) is 11.5. The first-order valence-corrected chi connectivity index (χ1v) is 5.95. The molecule has 0 aromatic carbocycles. The molecule has 0 amide bonds. The first-order valence-electron chi connectivity index (χ1n) is 5.95. The molecule has 4 nitrogen and oxygen atoms in total. The summed E-state index contributed by atoms with van der Waals surface area (Å²) < 4.78 is 0. The van der Waals surface area contributed by atoms with Gasteiger partial charge in [0.05, 0.1) is 11.9 Å². The predicted molar refractivity (Wildman–Crippen MR) is 65.1 cm³/mol. The molecule has 2 N–H and O–H groups in total. The second-order valence-electron chi connectivity index (χ2n) is 4.92. The molecule has 2 heterocycles. The minimum absolute atomic E-state index is 0.458. The van der Waals surface area contributed by atoms with E-state index in [1.165, 1.54) is 6.42 Å². The number of aromatic nitrogens is 2. The van der Waals surface area contributed by atoms with E-state index < -0.39 is 0 Å². The molecule has 0 saturated carbocycles. The van der Waals surface area contributed by atoms with Crippen LogP contribution in [0.5, 0.6) is 0 Å². The molecule has 2 rings (SSSR count). The third-order valence-electron chi connectivity index (χ3n) is 3.07. The van der Waals surface area contributed by atoms with E-state index in [4.69, 9.17) is 5.73 Å². The monoisotopic (exact) mass is 220 g/mol. The topological polar surface area (TPSA) is 55.0 Å². The van der Waals surface area contributed by atoms with E-state index in [0.717, 1.165) is 36.4 Å². The Morgan fingerprint density at radius 3 is 2.62 bits per heavy atom. The Balaban J connectivity index is 2.16. The van der Waals surface area contributed by atoms with Crippen molar-refractivity contribution in [3.05, 3.63) is 18.1 Å². The first-order chi connectivity index (χ1) is 7.69. The zero-order valence-electron chi connectivity index (χ0n) is 10.1. The summed E-state index contributed by atoms with van der Waals surface area (Å²) in [7, 11) is 0. The first kappa shape index (κ1) is 11.3. The molecular weight excluding hydrogens is 200 g/mol. The third kappa shape index (κ3) is 2.50. The summed E-state index contributed by atoms with van der Waals surface area (Å²) in [5.41, 5.74) is 6.45. The van der Waals surface area contributed by atoms with E-state index in [1.807, 2.05) is 6.20 Å². The standard InChI is InChI=1S/C12H20N4/c1-9-3-10(2)8-16(7-9)12-6-14-5-11(4-13)15-12/h5-6,9-10H,3-4,7-8,13H2,1-2H3. The smallest absolute Gasteiger partial charge is 0.147 e. The lowest BCUT2D eigenvalue weighted by atomic mass is 9.92. The molecule has 0 radical (unpaired) electrons. The van der Waals surface area contributed by atoms with Crippen LogP contribution in [-0.4, -0.2) is 23.1 Å².